The van der Waals surface area contributed by atoms with Crippen LogP contribution in [0, 0.1) is 41.8 Å². The summed E-state index contributed by atoms with van der Waals surface area (Å²) in [7, 11) is 1.67. The number of fused-ring (bicyclic) bond motifs is 5. The molecule has 6 atom stereocenters. The number of thiophene rings is 1. The van der Waals surface area contributed by atoms with Gasteiger partial charge in [-0.15, -0.1) is 11.3 Å². The highest BCUT2D eigenvalue weighted by Crippen LogP contribution is 2.63. The van der Waals surface area contributed by atoms with E-state index in [1.54, 1.807) is 26.1 Å². The number of hydrogen-bond acceptors (Lipinski definition) is 8. The van der Waals surface area contributed by atoms with Gasteiger partial charge in [0, 0.05) is 41.7 Å². The van der Waals surface area contributed by atoms with E-state index in [0.29, 0.717) is 41.1 Å². The van der Waals surface area contributed by atoms with Crippen molar-refractivity contribution in [3.8, 4) is 16.3 Å². The van der Waals surface area contributed by atoms with Gasteiger partial charge in [0.2, 0.25) is 23.6 Å². The monoisotopic (exact) mass is 772 g/mol. The second kappa shape index (κ2) is 13.2. The number of aliphatic carboxylic acids is 1. The van der Waals surface area contributed by atoms with Crippen molar-refractivity contribution in [3.05, 3.63) is 76.1 Å². The number of carboxylic acids is 1. The molecule has 0 unspecified atom stereocenters. The highest BCUT2D eigenvalue weighted by atomic mass is 35.5. The maximum absolute atomic E-state index is 15.1. The molecule has 4 heterocycles. The lowest BCUT2D eigenvalue weighted by Gasteiger charge is -2.49. The number of phenols is 1. The van der Waals surface area contributed by atoms with E-state index in [-0.39, 0.29) is 43.4 Å². The van der Waals surface area contributed by atoms with Crippen molar-refractivity contribution in [3.63, 3.8) is 0 Å². The van der Waals surface area contributed by atoms with E-state index >= 15 is 4.39 Å². The summed E-state index contributed by atoms with van der Waals surface area (Å²) in [4.78, 5) is 71.8. The number of amides is 4. The van der Waals surface area contributed by atoms with E-state index in [1.165, 1.54) is 38.0 Å². The number of halogens is 2. The number of unbranched alkanes of at least 4 members (excludes halogenated alkanes) is 2. The van der Waals surface area contributed by atoms with Crippen LogP contribution in [0.15, 0.2) is 54.1 Å². The van der Waals surface area contributed by atoms with Crippen molar-refractivity contribution < 1.29 is 38.6 Å². The van der Waals surface area contributed by atoms with E-state index < -0.39 is 64.4 Å². The third kappa shape index (κ3) is 5.41. The number of aromatic nitrogens is 2. The predicted molar refractivity (Wildman–Crippen MR) is 199 cm³/mol. The number of likely N-dealkylation sites (tertiary alicyclic amines) is 1. The quantitative estimate of drug-likeness (QED) is 0.105. The second-order valence-electron chi connectivity index (χ2n) is 15.1. The van der Waals surface area contributed by atoms with Crippen LogP contribution in [0.1, 0.15) is 62.5 Å². The van der Waals surface area contributed by atoms with Gasteiger partial charge in [-0.1, -0.05) is 35.7 Å². The largest absolute Gasteiger partial charge is 0.505 e. The predicted octanol–water partition coefficient (Wildman–Crippen LogP) is 6.98. The third-order valence-corrected chi connectivity index (χ3v) is 13.7. The first-order chi connectivity index (χ1) is 25.7. The molecule has 2 N–H and O–H groups in total. The Kier molecular flexibility index (Phi) is 8.80. The van der Waals surface area contributed by atoms with Crippen molar-refractivity contribution in [1.29, 1.82) is 0 Å². The van der Waals surface area contributed by atoms with Gasteiger partial charge in [-0.2, -0.15) is 5.10 Å². The highest BCUT2D eigenvalue weighted by Gasteiger charge is 2.68. The molecule has 2 aromatic heterocycles. The molecule has 2 aliphatic carbocycles. The fourth-order valence-corrected chi connectivity index (χ4v) is 10.9. The van der Waals surface area contributed by atoms with Crippen LogP contribution in [0.25, 0.3) is 20.7 Å². The van der Waals surface area contributed by atoms with E-state index in [1.807, 2.05) is 31.2 Å². The summed E-state index contributed by atoms with van der Waals surface area (Å²) in [5, 5.41) is 25.4. The molecule has 2 aliphatic heterocycles. The average Bonchev–Trinajstić information content (AvgIpc) is 3.79. The van der Waals surface area contributed by atoms with Crippen molar-refractivity contribution in [1.82, 2.24) is 14.7 Å². The summed E-state index contributed by atoms with van der Waals surface area (Å²) in [5.41, 5.74) is 1.23. The van der Waals surface area contributed by atoms with Gasteiger partial charge in [0.05, 0.1) is 28.0 Å². The van der Waals surface area contributed by atoms with Gasteiger partial charge in [0.15, 0.2) is 11.6 Å². The third-order valence-electron chi connectivity index (χ3n) is 12.2. The van der Waals surface area contributed by atoms with Crippen LogP contribution in [-0.4, -0.2) is 61.0 Å². The fraction of sp³-hybridized carbons (Fsp3) is 0.400. The molecule has 3 fully saturated rings. The van der Waals surface area contributed by atoms with Gasteiger partial charge < -0.3 is 10.2 Å². The number of nitrogens with zero attached hydrogens (tertiary/aromatic N) is 4. The maximum atomic E-state index is 15.1. The Bertz CT molecular complexity index is 2330. The standard InChI is InChI=1S/C40H38ClFN4O7S/c1-19-24-16-21(41)9-13-30(24)54-35(19)28-18-31(44(3)43-28)46-37(51)26-17-25-22(34(40(26,2)39(46)53)20-8-12-29(47)27(42)15-20)10-11-23-33(25)38(52)45(36(23)50)14-6-4-5-7-32(48)49/h8-10,12-13,15-16,18,23,25-26,33-34,47H,4-7,11,14,17H2,1-3H3,(H,48,49)/t23-,25+,26-,33-,34-,40+/m0/s1. The molecule has 2 aromatic carbocycles. The molecule has 0 radical (unpaired) electrons. The van der Waals surface area contributed by atoms with Crippen molar-refractivity contribution in [2.75, 3.05) is 11.4 Å². The molecule has 4 amide bonds. The highest BCUT2D eigenvalue weighted by molar-refractivity contribution is 7.22. The van der Waals surface area contributed by atoms with Crippen molar-refractivity contribution in [2.24, 2.45) is 36.1 Å². The lowest BCUT2D eigenvalue weighted by Crippen LogP contribution is -2.49. The minimum atomic E-state index is -1.40. The van der Waals surface area contributed by atoms with Crippen LogP contribution < -0.4 is 4.90 Å². The number of rotatable bonds is 9. The number of anilines is 1. The Balaban J connectivity index is 1.17. The molecule has 54 heavy (non-hydrogen) atoms. The number of aryl methyl sites for hydroxylation is 2. The Morgan fingerprint density at radius 3 is 2.56 bits per heavy atom. The van der Waals surface area contributed by atoms with Gasteiger partial charge in [-0.25, -0.2) is 9.29 Å². The number of carboxylic acid groups (broad SMARTS) is 1. The molecular formula is C40H38ClFN4O7S. The van der Waals surface area contributed by atoms with Gasteiger partial charge in [-0.05, 0) is 92.3 Å². The van der Waals surface area contributed by atoms with Crippen LogP contribution in [0.3, 0.4) is 0 Å². The Morgan fingerprint density at radius 2 is 1.81 bits per heavy atom. The normalized spacial score (nSPS) is 26.4. The zero-order chi connectivity index (χ0) is 38.4. The smallest absolute Gasteiger partial charge is 0.303 e. The van der Waals surface area contributed by atoms with Gasteiger partial charge in [-0.3, -0.25) is 33.6 Å². The van der Waals surface area contributed by atoms with Crippen molar-refractivity contribution >= 4 is 68.4 Å². The molecule has 4 aliphatic rings. The first-order valence-electron chi connectivity index (χ1n) is 18.1. The first kappa shape index (κ1) is 36.1. The molecule has 0 bridgehead atoms. The number of carbonyl (C=O) groups is 5. The number of aromatic hydroxyl groups is 1. The topological polar surface area (TPSA) is 150 Å². The molecule has 2 saturated heterocycles. The van der Waals surface area contributed by atoms with E-state index in [9.17, 15) is 29.1 Å². The van der Waals surface area contributed by atoms with E-state index in [4.69, 9.17) is 21.8 Å². The molecule has 14 heteroatoms. The SMILES string of the molecule is Cc1c(-c2cc(N3C(=O)[C@@H]4C[C@@H]5C(=CC[C@@H]6C(=O)N(CCCCCC(=O)O)C(=O)[C@@H]65)[C@H](c5ccc(O)c(F)c5)[C@]4(C)C3=O)n(C)n2)sc2ccc(Cl)cc12. The Morgan fingerprint density at radius 1 is 1.04 bits per heavy atom. The summed E-state index contributed by atoms with van der Waals surface area (Å²) >= 11 is 7.82. The van der Waals surface area contributed by atoms with E-state index in [2.05, 4.69) is 0 Å². The fourth-order valence-electron chi connectivity index (χ4n) is 9.54. The van der Waals surface area contributed by atoms with Crippen LogP contribution >= 0.6 is 22.9 Å². The van der Waals surface area contributed by atoms with E-state index in [0.717, 1.165) is 20.5 Å². The van der Waals surface area contributed by atoms with Crippen molar-refractivity contribution in [2.45, 2.75) is 58.3 Å². The van der Waals surface area contributed by atoms with Crippen LogP contribution in [0.5, 0.6) is 5.75 Å². The second-order valence-corrected chi connectivity index (χ2v) is 16.6. The maximum Gasteiger partial charge on any atom is 0.303 e. The number of phenolic OH excluding ortho intramolecular Hbond substituents is 1. The molecule has 280 valence electrons. The molecule has 4 aromatic rings. The number of allylic oxidation sites excluding steroid dienone is 2. The summed E-state index contributed by atoms with van der Waals surface area (Å²) in [6.45, 7) is 3.86. The summed E-state index contributed by atoms with van der Waals surface area (Å²) in [6, 6.07) is 11.3. The van der Waals surface area contributed by atoms with Gasteiger partial charge >= 0.3 is 5.97 Å². The van der Waals surface area contributed by atoms with Crippen LogP contribution in [0.2, 0.25) is 5.02 Å². The molecule has 1 saturated carbocycles. The zero-order valence-electron chi connectivity index (χ0n) is 29.8. The Hall–Kier alpha value is -4.88. The first-order valence-corrected chi connectivity index (χ1v) is 19.3. The summed E-state index contributed by atoms with van der Waals surface area (Å²) < 4.78 is 17.6. The summed E-state index contributed by atoms with van der Waals surface area (Å²) in [5.74, 6) is -7.41. The molecular weight excluding hydrogens is 735 g/mol. The zero-order valence-corrected chi connectivity index (χ0v) is 31.4. The van der Waals surface area contributed by atoms with Crippen LogP contribution in [0.4, 0.5) is 10.2 Å². The van der Waals surface area contributed by atoms with Gasteiger partial charge in [0.1, 0.15) is 11.5 Å². The number of carbonyl (C=O) groups excluding carboxylic acids is 4. The molecule has 8 rings (SSSR count). The average molecular weight is 773 g/mol. The molecule has 0 spiro atoms. The summed E-state index contributed by atoms with van der Waals surface area (Å²) in [6.07, 6.45) is 3.71. The lowest BCUT2D eigenvalue weighted by atomic mass is 9.51. The van der Waals surface area contributed by atoms with Gasteiger partial charge in [0.25, 0.3) is 0 Å². The number of hydrogen-bond donors (Lipinski definition) is 2. The molecule has 11 nitrogen and oxygen atoms in total. The lowest BCUT2D eigenvalue weighted by molar-refractivity contribution is -0.141. The van der Waals surface area contributed by atoms with Crippen LogP contribution in [-0.2, 0) is 31.0 Å². The minimum Gasteiger partial charge on any atom is -0.505 e. The minimum absolute atomic E-state index is 0.00580. The Labute approximate surface area is 319 Å². The number of benzene rings is 2. The number of imide groups is 2.